The lowest BCUT2D eigenvalue weighted by Crippen LogP contribution is -2.00. The van der Waals surface area contributed by atoms with E-state index in [0.717, 1.165) is 6.42 Å². The highest BCUT2D eigenvalue weighted by Crippen LogP contribution is 2.28. The highest BCUT2D eigenvalue weighted by Gasteiger charge is 2.15. The molecule has 0 radical (unpaired) electrons. The lowest BCUT2D eigenvalue weighted by Gasteiger charge is -1.99. The average molecular weight is 292 g/mol. The molecule has 0 saturated heterocycles. The molecule has 0 aliphatic carbocycles. The molecule has 0 unspecified atom stereocenters. The van der Waals surface area contributed by atoms with Crippen LogP contribution in [0.1, 0.15) is 12.3 Å². The SMILES string of the molecule is Cl.NCCCc1nc(-c2c(F)cccc2Cl)no1. The first-order chi connectivity index (χ1) is 8.22. The molecular formula is C11H12Cl2FN3O. The smallest absolute Gasteiger partial charge is 0.227 e. The molecule has 1 aromatic heterocycles. The second-order valence-corrected chi connectivity index (χ2v) is 3.91. The zero-order chi connectivity index (χ0) is 12.3. The van der Waals surface area contributed by atoms with Gasteiger partial charge >= 0.3 is 0 Å². The Morgan fingerprint density at radius 2 is 2.17 bits per heavy atom. The number of benzene rings is 1. The number of hydrogen-bond donors (Lipinski definition) is 1. The number of nitrogens with two attached hydrogens (primary N) is 1. The van der Waals surface area contributed by atoms with Gasteiger partial charge in [-0.05, 0) is 25.1 Å². The summed E-state index contributed by atoms with van der Waals surface area (Å²) in [6.45, 7) is 0.540. The Morgan fingerprint density at radius 1 is 1.39 bits per heavy atom. The molecule has 0 atom stereocenters. The monoisotopic (exact) mass is 291 g/mol. The number of hydrogen-bond acceptors (Lipinski definition) is 4. The van der Waals surface area contributed by atoms with Crippen molar-refractivity contribution in [1.82, 2.24) is 10.1 Å². The minimum absolute atomic E-state index is 0. The molecule has 0 aliphatic heterocycles. The van der Waals surface area contributed by atoms with Crippen LogP contribution in [0, 0.1) is 5.82 Å². The minimum Gasteiger partial charge on any atom is -0.339 e. The summed E-state index contributed by atoms with van der Waals surface area (Å²) >= 11 is 5.90. The third kappa shape index (κ3) is 3.19. The van der Waals surface area contributed by atoms with E-state index in [9.17, 15) is 4.39 Å². The van der Waals surface area contributed by atoms with Gasteiger partial charge in [0.05, 0.1) is 10.6 Å². The van der Waals surface area contributed by atoms with Crippen LogP contribution >= 0.6 is 24.0 Å². The van der Waals surface area contributed by atoms with Crippen molar-refractivity contribution in [3.63, 3.8) is 0 Å². The van der Waals surface area contributed by atoms with Crippen LogP contribution < -0.4 is 5.73 Å². The zero-order valence-corrected chi connectivity index (χ0v) is 11.0. The minimum atomic E-state index is -0.469. The van der Waals surface area contributed by atoms with E-state index < -0.39 is 5.82 Å². The average Bonchev–Trinajstić information content (AvgIpc) is 2.75. The van der Waals surface area contributed by atoms with E-state index in [0.29, 0.717) is 18.9 Å². The fourth-order valence-electron chi connectivity index (χ4n) is 1.42. The van der Waals surface area contributed by atoms with Crippen LogP contribution in [0.5, 0.6) is 0 Å². The van der Waals surface area contributed by atoms with Crippen molar-refractivity contribution in [2.45, 2.75) is 12.8 Å². The van der Waals surface area contributed by atoms with Crippen LogP contribution in [-0.4, -0.2) is 16.7 Å². The predicted molar refractivity (Wildman–Crippen MR) is 69.3 cm³/mol. The molecule has 4 nitrogen and oxygen atoms in total. The maximum atomic E-state index is 13.6. The summed E-state index contributed by atoms with van der Waals surface area (Å²) in [5, 5.41) is 3.97. The van der Waals surface area contributed by atoms with E-state index in [1.54, 1.807) is 6.07 Å². The van der Waals surface area contributed by atoms with Gasteiger partial charge in [0.2, 0.25) is 11.7 Å². The molecule has 0 aliphatic rings. The topological polar surface area (TPSA) is 64.9 Å². The first kappa shape index (κ1) is 14.9. The molecule has 18 heavy (non-hydrogen) atoms. The van der Waals surface area contributed by atoms with Crippen LogP contribution in [-0.2, 0) is 6.42 Å². The normalized spacial score (nSPS) is 10.2. The fourth-order valence-corrected chi connectivity index (χ4v) is 1.67. The summed E-state index contributed by atoms with van der Waals surface area (Å²) in [7, 11) is 0. The van der Waals surface area contributed by atoms with Crippen molar-refractivity contribution >= 4 is 24.0 Å². The first-order valence-corrected chi connectivity index (χ1v) is 5.57. The Bertz CT molecular complexity index is 498. The van der Waals surface area contributed by atoms with Crippen LogP contribution in [0.15, 0.2) is 22.7 Å². The van der Waals surface area contributed by atoms with Crippen molar-refractivity contribution in [2.75, 3.05) is 6.54 Å². The van der Waals surface area contributed by atoms with Gasteiger partial charge in [-0.25, -0.2) is 4.39 Å². The Morgan fingerprint density at radius 3 is 2.83 bits per heavy atom. The molecule has 0 bridgehead atoms. The van der Waals surface area contributed by atoms with Crippen LogP contribution in [0.4, 0.5) is 4.39 Å². The summed E-state index contributed by atoms with van der Waals surface area (Å²) in [6, 6.07) is 4.41. The summed E-state index contributed by atoms with van der Waals surface area (Å²) in [5.74, 6) is 0.133. The van der Waals surface area contributed by atoms with Gasteiger partial charge in [0, 0.05) is 6.42 Å². The van der Waals surface area contributed by atoms with E-state index in [2.05, 4.69) is 10.1 Å². The van der Waals surface area contributed by atoms with Gasteiger partial charge in [0.15, 0.2) is 0 Å². The Labute approximate surface area is 115 Å². The maximum absolute atomic E-state index is 13.6. The van der Waals surface area contributed by atoms with Crippen molar-refractivity contribution < 1.29 is 8.91 Å². The second-order valence-electron chi connectivity index (χ2n) is 3.50. The van der Waals surface area contributed by atoms with Gasteiger partial charge < -0.3 is 10.3 Å². The number of aryl methyl sites for hydroxylation is 1. The molecule has 1 aromatic carbocycles. The molecule has 2 N–H and O–H groups in total. The van der Waals surface area contributed by atoms with E-state index in [-0.39, 0.29) is 28.8 Å². The highest BCUT2D eigenvalue weighted by molar-refractivity contribution is 6.33. The van der Waals surface area contributed by atoms with Crippen molar-refractivity contribution in [3.8, 4) is 11.4 Å². The van der Waals surface area contributed by atoms with E-state index in [4.69, 9.17) is 21.9 Å². The van der Waals surface area contributed by atoms with Gasteiger partial charge in [-0.2, -0.15) is 4.98 Å². The molecular weight excluding hydrogens is 280 g/mol. The largest absolute Gasteiger partial charge is 0.339 e. The highest BCUT2D eigenvalue weighted by atomic mass is 35.5. The third-order valence-corrected chi connectivity index (χ3v) is 2.56. The third-order valence-electron chi connectivity index (χ3n) is 2.25. The molecule has 0 amide bonds. The standard InChI is InChI=1S/C11H11ClFN3O.ClH/c12-7-3-1-4-8(13)10(7)11-15-9(17-16-11)5-2-6-14;/h1,3-4H,2,5-6,14H2;1H. The Balaban J connectivity index is 0.00000162. The number of nitrogens with zero attached hydrogens (tertiary/aromatic N) is 2. The van der Waals surface area contributed by atoms with Gasteiger partial charge in [-0.3, -0.25) is 0 Å². The van der Waals surface area contributed by atoms with E-state index in [1.165, 1.54) is 12.1 Å². The molecule has 7 heteroatoms. The van der Waals surface area contributed by atoms with Crippen molar-refractivity contribution in [2.24, 2.45) is 5.73 Å². The molecule has 0 fully saturated rings. The van der Waals surface area contributed by atoms with Crippen LogP contribution in [0.25, 0.3) is 11.4 Å². The number of rotatable bonds is 4. The van der Waals surface area contributed by atoms with Gasteiger partial charge in [0.25, 0.3) is 0 Å². The molecule has 1 heterocycles. The van der Waals surface area contributed by atoms with Gasteiger partial charge in [-0.1, -0.05) is 22.8 Å². The summed E-state index contributed by atoms with van der Waals surface area (Å²) < 4.78 is 18.6. The van der Waals surface area contributed by atoms with E-state index >= 15 is 0 Å². The second kappa shape index (κ2) is 6.68. The van der Waals surface area contributed by atoms with Crippen molar-refractivity contribution in [1.29, 1.82) is 0 Å². The zero-order valence-electron chi connectivity index (χ0n) is 9.40. The summed E-state index contributed by atoms with van der Waals surface area (Å²) in [5.41, 5.74) is 5.54. The molecule has 2 rings (SSSR count). The lowest BCUT2D eigenvalue weighted by molar-refractivity contribution is 0.376. The van der Waals surface area contributed by atoms with Crippen molar-refractivity contribution in [3.05, 3.63) is 34.9 Å². The molecule has 0 spiro atoms. The van der Waals surface area contributed by atoms with Gasteiger partial charge in [-0.15, -0.1) is 12.4 Å². The van der Waals surface area contributed by atoms with Crippen LogP contribution in [0.3, 0.4) is 0 Å². The molecule has 0 saturated carbocycles. The number of aromatic nitrogens is 2. The summed E-state index contributed by atoms with van der Waals surface area (Å²) in [6.07, 6.45) is 1.32. The predicted octanol–water partition coefficient (Wildman–Crippen LogP) is 2.84. The first-order valence-electron chi connectivity index (χ1n) is 5.19. The van der Waals surface area contributed by atoms with Gasteiger partial charge in [0.1, 0.15) is 5.82 Å². The van der Waals surface area contributed by atoms with E-state index in [1.807, 2.05) is 0 Å². The maximum Gasteiger partial charge on any atom is 0.227 e. The Kier molecular flexibility index (Phi) is 5.53. The fraction of sp³-hybridized carbons (Fsp3) is 0.273. The number of halogens is 3. The lowest BCUT2D eigenvalue weighted by atomic mass is 10.2. The summed E-state index contributed by atoms with van der Waals surface area (Å²) in [4.78, 5) is 4.08. The Hall–Kier alpha value is -1.17. The van der Waals surface area contributed by atoms with Crippen LogP contribution in [0.2, 0.25) is 5.02 Å². The quantitative estimate of drug-likeness (QED) is 0.941. The molecule has 98 valence electrons. The molecule has 2 aromatic rings.